The van der Waals surface area contributed by atoms with Gasteiger partial charge in [-0.1, -0.05) is 60.1 Å². The molecule has 1 aliphatic heterocycles. The van der Waals surface area contributed by atoms with Crippen LogP contribution in [-0.4, -0.2) is 14.8 Å². The van der Waals surface area contributed by atoms with Gasteiger partial charge in [0.25, 0.3) is 0 Å². The van der Waals surface area contributed by atoms with Crippen LogP contribution in [0.2, 0.25) is 0 Å². The molecule has 2 heterocycles. The maximum absolute atomic E-state index is 6.56. The van der Waals surface area contributed by atoms with Crippen LogP contribution in [0.5, 0.6) is 0 Å². The molecule has 0 spiro atoms. The SMILES string of the molecule is Cl.ClC1NCc2ccccc2-n2c(C3CCC(c4ccccc4)CC3)nnc21. The van der Waals surface area contributed by atoms with Gasteiger partial charge in [-0.05, 0) is 48.8 Å². The van der Waals surface area contributed by atoms with Gasteiger partial charge in [0.05, 0.1) is 5.69 Å². The first-order valence-electron chi connectivity index (χ1n) is 9.77. The number of rotatable bonds is 2. The number of nitrogens with one attached hydrogen (secondary N) is 1. The molecule has 1 unspecified atom stereocenters. The van der Waals surface area contributed by atoms with Crippen LogP contribution in [0.25, 0.3) is 5.69 Å². The summed E-state index contributed by atoms with van der Waals surface area (Å²) in [6.45, 7) is 0.744. The lowest BCUT2D eigenvalue weighted by molar-refractivity contribution is 0.382. The molecule has 2 aromatic carbocycles. The highest BCUT2D eigenvalue weighted by Crippen LogP contribution is 2.41. The van der Waals surface area contributed by atoms with Crippen molar-refractivity contribution in [3.8, 4) is 5.69 Å². The van der Waals surface area contributed by atoms with E-state index < -0.39 is 0 Å². The maximum Gasteiger partial charge on any atom is 0.170 e. The minimum absolute atomic E-state index is 0. The predicted molar refractivity (Wildman–Crippen MR) is 114 cm³/mol. The van der Waals surface area contributed by atoms with Crippen LogP contribution < -0.4 is 5.32 Å². The molecule has 0 amide bonds. The second-order valence-corrected chi connectivity index (χ2v) is 8.02. The van der Waals surface area contributed by atoms with Gasteiger partial charge < -0.3 is 0 Å². The van der Waals surface area contributed by atoms with E-state index in [-0.39, 0.29) is 17.9 Å². The Morgan fingerprint density at radius 2 is 1.46 bits per heavy atom. The van der Waals surface area contributed by atoms with Crippen LogP contribution in [0.3, 0.4) is 0 Å². The number of para-hydroxylation sites is 1. The highest BCUT2D eigenvalue weighted by atomic mass is 35.5. The fraction of sp³-hybridized carbons (Fsp3) is 0.364. The molecule has 1 aliphatic carbocycles. The number of benzene rings is 2. The Hall–Kier alpha value is -1.88. The molecule has 2 aliphatic rings. The number of fused-ring (bicyclic) bond motifs is 3. The second-order valence-electron chi connectivity index (χ2n) is 7.58. The van der Waals surface area contributed by atoms with Crippen molar-refractivity contribution in [3.05, 3.63) is 77.4 Å². The Kier molecular flexibility index (Phi) is 5.72. The van der Waals surface area contributed by atoms with Crippen molar-refractivity contribution < 1.29 is 0 Å². The molecule has 4 nitrogen and oxygen atoms in total. The number of alkyl halides is 1. The van der Waals surface area contributed by atoms with Gasteiger partial charge in [-0.2, -0.15) is 0 Å². The lowest BCUT2D eigenvalue weighted by Gasteiger charge is -2.28. The van der Waals surface area contributed by atoms with E-state index in [9.17, 15) is 0 Å². The third-order valence-corrected chi connectivity index (χ3v) is 6.36. The monoisotopic (exact) mass is 414 g/mol. The van der Waals surface area contributed by atoms with Crippen molar-refractivity contribution in [2.45, 2.75) is 49.6 Å². The van der Waals surface area contributed by atoms with Gasteiger partial charge in [0.2, 0.25) is 0 Å². The largest absolute Gasteiger partial charge is 0.291 e. The molecule has 0 radical (unpaired) electrons. The van der Waals surface area contributed by atoms with Gasteiger partial charge in [0.15, 0.2) is 5.82 Å². The lowest BCUT2D eigenvalue weighted by atomic mass is 9.78. The second kappa shape index (κ2) is 8.24. The van der Waals surface area contributed by atoms with Crippen LogP contribution in [0.4, 0.5) is 0 Å². The highest BCUT2D eigenvalue weighted by Gasteiger charge is 2.31. The van der Waals surface area contributed by atoms with E-state index in [0.717, 1.165) is 36.7 Å². The first-order valence-corrected chi connectivity index (χ1v) is 10.2. The number of hydrogen-bond donors (Lipinski definition) is 1. The van der Waals surface area contributed by atoms with Gasteiger partial charge in [-0.15, -0.1) is 22.6 Å². The minimum atomic E-state index is -0.320. The van der Waals surface area contributed by atoms with Crippen LogP contribution in [0.1, 0.15) is 65.8 Å². The summed E-state index contributed by atoms with van der Waals surface area (Å²) in [5.74, 6) is 2.96. The molecule has 0 bridgehead atoms. The van der Waals surface area contributed by atoms with E-state index in [4.69, 9.17) is 11.6 Å². The van der Waals surface area contributed by atoms with Gasteiger partial charge in [-0.25, -0.2) is 0 Å². The standard InChI is InChI=1S/C22H23ClN4.ClH/c23-20-22-26-25-21(27(22)19-9-5-4-8-18(19)14-24-20)17-12-10-16(11-13-17)15-6-2-1-3-7-15;/h1-9,16-17,20,24H,10-14H2;1H. The molecule has 28 heavy (non-hydrogen) atoms. The Bertz CT molecular complexity index is 933. The minimum Gasteiger partial charge on any atom is -0.291 e. The van der Waals surface area contributed by atoms with Crippen molar-refractivity contribution in [3.63, 3.8) is 0 Å². The van der Waals surface area contributed by atoms with Gasteiger partial charge in [0, 0.05) is 12.5 Å². The molecule has 0 saturated heterocycles. The summed E-state index contributed by atoms with van der Waals surface area (Å²) in [6.07, 6.45) is 4.67. The Morgan fingerprint density at radius 3 is 2.25 bits per heavy atom. The zero-order chi connectivity index (χ0) is 18.2. The van der Waals surface area contributed by atoms with Crippen molar-refractivity contribution in [1.82, 2.24) is 20.1 Å². The fourth-order valence-electron chi connectivity index (χ4n) is 4.56. The zero-order valence-electron chi connectivity index (χ0n) is 15.6. The van der Waals surface area contributed by atoms with E-state index in [0.29, 0.717) is 11.8 Å². The molecular weight excluding hydrogens is 391 g/mol. The first-order chi connectivity index (χ1) is 13.3. The lowest BCUT2D eigenvalue weighted by Crippen LogP contribution is -2.17. The smallest absolute Gasteiger partial charge is 0.170 e. The molecule has 146 valence electrons. The third kappa shape index (κ3) is 3.45. The van der Waals surface area contributed by atoms with E-state index >= 15 is 0 Å². The molecule has 1 fully saturated rings. The average Bonchev–Trinajstić information content (AvgIpc) is 3.12. The van der Waals surface area contributed by atoms with Crippen molar-refractivity contribution in [2.75, 3.05) is 0 Å². The summed E-state index contributed by atoms with van der Waals surface area (Å²) in [5.41, 5.74) is 3.54. The maximum atomic E-state index is 6.56. The highest BCUT2D eigenvalue weighted by molar-refractivity contribution is 6.20. The van der Waals surface area contributed by atoms with Gasteiger partial charge >= 0.3 is 0 Å². The van der Waals surface area contributed by atoms with Crippen molar-refractivity contribution >= 4 is 24.0 Å². The summed E-state index contributed by atoms with van der Waals surface area (Å²) in [7, 11) is 0. The molecule has 6 heteroatoms. The molecule has 5 rings (SSSR count). The molecule has 1 saturated carbocycles. The third-order valence-electron chi connectivity index (χ3n) is 6.01. The van der Waals surface area contributed by atoms with Crippen LogP contribution in [-0.2, 0) is 6.54 Å². The Labute approximate surface area is 176 Å². The summed E-state index contributed by atoms with van der Waals surface area (Å²) >= 11 is 6.56. The molecular formula is C22H24Cl2N4. The fourth-order valence-corrected chi connectivity index (χ4v) is 4.78. The van der Waals surface area contributed by atoms with E-state index in [1.807, 2.05) is 0 Å². The number of halogens is 2. The van der Waals surface area contributed by atoms with E-state index in [1.165, 1.54) is 24.0 Å². The molecule has 1 aromatic heterocycles. The van der Waals surface area contributed by atoms with Crippen molar-refractivity contribution in [1.29, 1.82) is 0 Å². The zero-order valence-corrected chi connectivity index (χ0v) is 17.2. The Morgan fingerprint density at radius 1 is 0.821 bits per heavy atom. The van der Waals surface area contributed by atoms with Gasteiger partial charge in [0.1, 0.15) is 11.3 Å². The molecule has 1 N–H and O–H groups in total. The molecule has 1 atom stereocenters. The van der Waals surface area contributed by atoms with Crippen molar-refractivity contribution in [2.24, 2.45) is 0 Å². The normalized spacial score (nSPS) is 23.8. The van der Waals surface area contributed by atoms with Crippen LogP contribution >= 0.6 is 24.0 Å². The summed E-state index contributed by atoms with van der Waals surface area (Å²) in [5, 5.41) is 12.4. The number of nitrogens with zero attached hydrogens (tertiary/aromatic N) is 3. The van der Waals surface area contributed by atoms with Crippen LogP contribution in [0.15, 0.2) is 54.6 Å². The topological polar surface area (TPSA) is 42.7 Å². The molecule has 3 aromatic rings. The number of aromatic nitrogens is 3. The summed E-state index contributed by atoms with van der Waals surface area (Å²) in [6, 6.07) is 19.3. The number of hydrogen-bond acceptors (Lipinski definition) is 3. The summed E-state index contributed by atoms with van der Waals surface area (Å²) < 4.78 is 2.21. The quantitative estimate of drug-likeness (QED) is 0.446. The average molecular weight is 415 g/mol. The van der Waals surface area contributed by atoms with Gasteiger partial charge in [-0.3, -0.25) is 9.88 Å². The van der Waals surface area contributed by atoms with E-state index in [2.05, 4.69) is 74.7 Å². The first kappa shape index (κ1) is 19.4. The predicted octanol–water partition coefficient (Wildman–Crippen LogP) is 5.47. The Balaban J connectivity index is 0.00000192. The summed E-state index contributed by atoms with van der Waals surface area (Å²) in [4.78, 5) is 0. The van der Waals surface area contributed by atoms with Crippen LogP contribution in [0, 0.1) is 0 Å². The van der Waals surface area contributed by atoms with E-state index in [1.54, 1.807) is 0 Å².